The lowest BCUT2D eigenvalue weighted by Gasteiger charge is -2.36. The van der Waals surface area contributed by atoms with Crippen LogP contribution in [-0.2, 0) is 7.05 Å². The van der Waals surface area contributed by atoms with Crippen LogP contribution in [0.1, 0.15) is 10.5 Å². The van der Waals surface area contributed by atoms with Gasteiger partial charge in [0.15, 0.2) is 0 Å². The summed E-state index contributed by atoms with van der Waals surface area (Å²) in [6.07, 6.45) is 0. The molecule has 1 amide bonds. The van der Waals surface area contributed by atoms with Crippen molar-refractivity contribution in [2.75, 3.05) is 45.3 Å². The Morgan fingerprint density at radius 3 is 2.45 bits per heavy atom. The second-order valence-corrected chi connectivity index (χ2v) is 7.80. The normalized spacial score (nSPS) is 13.9. The van der Waals surface area contributed by atoms with Crippen molar-refractivity contribution in [2.45, 2.75) is 0 Å². The molecule has 2 heterocycles. The molecule has 31 heavy (non-hydrogen) atoms. The number of hydrogen-bond acceptors (Lipinski definition) is 5. The van der Waals surface area contributed by atoms with E-state index in [-0.39, 0.29) is 5.91 Å². The Morgan fingerprint density at radius 1 is 1.00 bits per heavy atom. The number of carbonyl (C=O) groups is 1. The number of piperazine rings is 1. The van der Waals surface area contributed by atoms with Crippen LogP contribution in [0.25, 0.3) is 11.3 Å². The van der Waals surface area contributed by atoms with E-state index in [1.165, 1.54) is 0 Å². The Bertz CT molecular complexity index is 1090. The van der Waals surface area contributed by atoms with E-state index in [1.54, 1.807) is 32.0 Å². The van der Waals surface area contributed by atoms with Gasteiger partial charge in [-0.05, 0) is 36.4 Å². The molecule has 0 spiro atoms. The first-order chi connectivity index (χ1) is 15.0. The van der Waals surface area contributed by atoms with E-state index in [0.29, 0.717) is 41.0 Å². The first-order valence-corrected chi connectivity index (χ1v) is 10.4. The van der Waals surface area contributed by atoms with E-state index in [0.717, 1.165) is 24.3 Å². The molecule has 1 fully saturated rings. The molecule has 8 heteroatoms. The van der Waals surface area contributed by atoms with Crippen LogP contribution in [-0.4, -0.2) is 61.0 Å². The van der Waals surface area contributed by atoms with Gasteiger partial charge in [0, 0.05) is 55.6 Å². The van der Waals surface area contributed by atoms with E-state index in [4.69, 9.17) is 21.1 Å². The summed E-state index contributed by atoms with van der Waals surface area (Å²) in [6, 6.07) is 15.2. The molecule has 0 unspecified atom stereocenters. The van der Waals surface area contributed by atoms with Crippen LogP contribution >= 0.6 is 11.6 Å². The average Bonchev–Trinajstić information content (AvgIpc) is 3.19. The molecule has 3 aromatic rings. The number of hydrogen-bond donors (Lipinski definition) is 0. The van der Waals surface area contributed by atoms with E-state index >= 15 is 0 Å². The second kappa shape index (κ2) is 8.89. The minimum atomic E-state index is -0.0283. The van der Waals surface area contributed by atoms with Gasteiger partial charge in [-0.3, -0.25) is 9.48 Å². The first-order valence-electron chi connectivity index (χ1n) is 10.1. The lowest BCUT2D eigenvalue weighted by Crippen LogP contribution is -2.49. The first kappa shape index (κ1) is 21.1. The lowest BCUT2D eigenvalue weighted by atomic mass is 10.1. The summed E-state index contributed by atoms with van der Waals surface area (Å²) < 4.78 is 12.4. The van der Waals surface area contributed by atoms with Gasteiger partial charge in [-0.15, -0.1) is 0 Å². The highest BCUT2D eigenvalue weighted by Gasteiger charge is 2.25. The Hall–Kier alpha value is -3.19. The van der Waals surface area contributed by atoms with Crippen LogP contribution in [0.2, 0.25) is 5.02 Å². The van der Waals surface area contributed by atoms with Gasteiger partial charge in [-0.2, -0.15) is 5.10 Å². The highest BCUT2D eigenvalue weighted by atomic mass is 35.5. The van der Waals surface area contributed by atoms with Crippen molar-refractivity contribution in [3.05, 3.63) is 59.2 Å². The molecular formula is C23H25ClN4O3. The number of anilines is 1. The Labute approximate surface area is 186 Å². The predicted octanol–water partition coefficient (Wildman–Crippen LogP) is 3.72. The maximum atomic E-state index is 13.2. The second-order valence-electron chi connectivity index (χ2n) is 7.36. The van der Waals surface area contributed by atoms with E-state index in [1.807, 2.05) is 47.4 Å². The summed E-state index contributed by atoms with van der Waals surface area (Å²) in [5.41, 5.74) is 3.12. The zero-order valence-corrected chi connectivity index (χ0v) is 18.6. The number of benzene rings is 2. The quantitative estimate of drug-likeness (QED) is 0.605. The molecule has 0 aliphatic carbocycles. The minimum absolute atomic E-state index is 0.0283. The third kappa shape index (κ3) is 4.32. The number of aryl methyl sites for hydroxylation is 1. The topological polar surface area (TPSA) is 59.8 Å². The highest BCUT2D eigenvalue weighted by molar-refractivity contribution is 6.30. The number of nitrogens with zero attached hydrogens (tertiary/aromatic N) is 4. The fraction of sp³-hybridized carbons (Fsp3) is 0.304. The number of halogens is 1. The highest BCUT2D eigenvalue weighted by Crippen LogP contribution is 2.33. The van der Waals surface area contributed by atoms with Crippen LogP contribution in [0.4, 0.5) is 5.69 Å². The Morgan fingerprint density at radius 2 is 1.77 bits per heavy atom. The summed E-state index contributed by atoms with van der Waals surface area (Å²) in [7, 11) is 5.00. The number of methoxy groups -OCH3 is 2. The molecule has 1 aliphatic heterocycles. The maximum absolute atomic E-state index is 13.2. The molecule has 0 N–H and O–H groups in total. The van der Waals surface area contributed by atoms with Crippen LogP contribution in [0.5, 0.6) is 11.5 Å². The molecule has 162 valence electrons. The minimum Gasteiger partial charge on any atom is -0.497 e. The van der Waals surface area contributed by atoms with Gasteiger partial charge in [0.2, 0.25) is 0 Å². The molecule has 1 aromatic heterocycles. The van der Waals surface area contributed by atoms with Crippen LogP contribution < -0.4 is 14.4 Å². The summed E-state index contributed by atoms with van der Waals surface area (Å²) in [5.74, 6) is 1.32. The van der Waals surface area contributed by atoms with Crippen molar-refractivity contribution in [3.63, 3.8) is 0 Å². The number of rotatable bonds is 5. The van der Waals surface area contributed by atoms with Crippen LogP contribution in [0, 0.1) is 0 Å². The zero-order valence-electron chi connectivity index (χ0n) is 17.8. The SMILES string of the molecule is COc1ccc(-c2cc(C(=O)N3CCN(c4cccc(Cl)c4)CC3)n(C)n2)c(OC)c1. The van der Waals surface area contributed by atoms with Gasteiger partial charge in [-0.25, -0.2) is 0 Å². The van der Waals surface area contributed by atoms with Crippen molar-refractivity contribution < 1.29 is 14.3 Å². The van der Waals surface area contributed by atoms with E-state index in [2.05, 4.69) is 10.00 Å². The lowest BCUT2D eigenvalue weighted by molar-refractivity contribution is 0.0735. The molecular weight excluding hydrogens is 416 g/mol. The van der Waals surface area contributed by atoms with Crippen molar-refractivity contribution in [1.29, 1.82) is 0 Å². The molecule has 7 nitrogen and oxygen atoms in total. The maximum Gasteiger partial charge on any atom is 0.272 e. The number of aromatic nitrogens is 2. The molecule has 1 saturated heterocycles. The monoisotopic (exact) mass is 440 g/mol. The standard InChI is InChI=1S/C23H25ClN4O3/c1-26-21(15-20(25-26)19-8-7-18(30-2)14-22(19)31-3)23(29)28-11-9-27(10-12-28)17-6-4-5-16(24)13-17/h4-8,13-15H,9-12H2,1-3H3. The van der Waals surface area contributed by atoms with Gasteiger partial charge >= 0.3 is 0 Å². The molecule has 0 saturated carbocycles. The largest absolute Gasteiger partial charge is 0.497 e. The zero-order chi connectivity index (χ0) is 22.0. The van der Waals surface area contributed by atoms with E-state index < -0.39 is 0 Å². The van der Waals surface area contributed by atoms with Gasteiger partial charge in [0.05, 0.1) is 19.9 Å². The Balaban J connectivity index is 1.50. The smallest absolute Gasteiger partial charge is 0.272 e. The van der Waals surface area contributed by atoms with Crippen molar-refractivity contribution in [1.82, 2.24) is 14.7 Å². The summed E-state index contributed by atoms with van der Waals surface area (Å²) in [6.45, 7) is 2.78. The van der Waals surface area contributed by atoms with E-state index in [9.17, 15) is 4.79 Å². The number of carbonyl (C=O) groups excluding carboxylic acids is 1. The third-order valence-corrected chi connectivity index (χ3v) is 5.76. The summed E-state index contributed by atoms with van der Waals surface area (Å²) in [4.78, 5) is 17.3. The van der Waals surface area contributed by atoms with Crippen LogP contribution in [0.15, 0.2) is 48.5 Å². The van der Waals surface area contributed by atoms with Crippen LogP contribution in [0.3, 0.4) is 0 Å². The fourth-order valence-electron chi connectivity index (χ4n) is 3.81. The van der Waals surface area contributed by atoms with Gasteiger partial charge in [0.25, 0.3) is 5.91 Å². The Kier molecular flexibility index (Phi) is 6.04. The van der Waals surface area contributed by atoms with Gasteiger partial charge in [0.1, 0.15) is 17.2 Å². The molecule has 4 rings (SSSR count). The number of ether oxygens (including phenoxy) is 2. The number of amides is 1. The van der Waals surface area contributed by atoms with Crippen molar-refractivity contribution in [3.8, 4) is 22.8 Å². The average molecular weight is 441 g/mol. The summed E-state index contributed by atoms with van der Waals surface area (Å²) in [5, 5.41) is 5.27. The molecule has 0 bridgehead atoms. The predicted molar refractivity (Wildman–Crippen MR) is 121 cm³/mol. The molecule has 0 atom stereocenters. The molecule has 1 aliphatic rings. The van der Waals surface area contributed by atoms with Gasteiger partial charge in [-0.1, -0.05) is 17.7 Å². The molecule has 0 radical (unpaired) electrons. The summed E-state index contributed by atoms with van der Waals surface area (Å²) >= 11 is 6.12. The van der Waals surface area contributed by atoms with Crippen molar-refractivity contribution in [2.24, 2.45) is 7.05 Å². The van der Waals surface area contributed by atoms with Crippen molar-refractivity contribution >= 4 is 23.2 Å². The van der Waals surface area contributed by atoms with Gasteiger partial charge < -0.3 is 19.3 Å². The third-order valence-electron chi connectivity index (χ3n) is 5.52. The fourth-order valence-corrected chi connectivity index (χ4v) is 4.00. The molecule has 2 aromatic carbocycles.